The summed E-state index contributed by atoms with van der Waals surface area (Å²) in [5, 5.41) is 12.9. The number of nitrogens with two attached hydrogens (primary N) is 1. The number of hydrogen-bond donors (Lipinski definition) is 2. The van der Waals surface area contributed by atoms with Crippen LogP contribution in [0.2, 0.25) is 0 Å². The maximum Gasteiger partial charge on any atom is 0.222 e. The first-order valence-corrected chi connectivity index (χ1v) is 11.4. The fraction of sp³-hybridized carbons (Fsp3) is 0.500. The van der Waals surface area contributed by atoms with Gasteiger partial charge >= 0.3 is 0 Å². The van der Waals surface area contributed by atoms with E-state index in [1.54, 1.807) is 13.2 Å². The Kier molecular flexibility index (Phi) is 9.07. The molecule has 2 rings (SSSR count). The number of hydrogen-bond acceptors (Lipinski definition) is 7. The third-order valence-corrected chi connectivity index (χ3v) is 5.57. The number of rotatable bonds is 11. The number of methoxy groups -OCH3 is 1. The zero-order valence-corrected chi connectivity index (χ0v) is 18.6. The van der Waals surface area contributed by atoms with Gasteiger partial charge in [0.2, 0.25) is 5.95 Å². The van der Waals surface area contributed by atoms with Crippen molar-refractivity contribution in [3.05, 3.63) is 40.6 Å². The minimum absolute atomic E-state index is 0.269. The van der Waals surface area contributed by atoms with E-state index >= 15 is 0 Å². The highest BCUT2D eigenvalue weighted by Gasteiger charge is 2.17. The molecule has 1 unspecified atom stereocenters. The van der Waals surface area contributed by atoms with Crippen LogP contribution in [0.4, 0.5) is 11.8 Å². The number of anilines is 2. The quantitative estimate of drug-likeness (QED) is 0.557. The molecule has 3 N–H and O–H groups in total. The van der Waals surface area contributed by atoms with E-state index in [4.69, 9.17) is 10.5 Å². The molecule has 156 valence electrons. The van der Waals surface area contributed by atoms with E-state index in [0.717, 1.165) is 53.4 Å². The molecule has 1 atom stereocenters. The van der Waals surface area contributed by atoms with Gasteiger partial charge in [-0.2, -0.15) is 22.0 Å². The second kappa shape index (κ2) is 11.5. The molecule has 0 aliphatic heterocycles. The van der Waals surface area contributed by atoms with Crippen molar-refractivity contribution in [3.8, 4) is 11.8 Å². The van der Waals surface area contributed by atoms with Crippen LogP contribution in [0, 0.1) is 18.3 Å². The molecule has 6 nitrogen and oxygen atoms in total. The molecule has 1 aromatic heterocycles. The van der Waals surface area contributed by atoms with E-state index in [0.29, 0.717) is 18.0 Å². The Morgan fingerprint density at radius 2 is 2.10 bits per heavy atom. The molecule has 0 amide bonds. The molecule has 0 bridgehead atoms. The zero-order chi connectivity index (χ0) is 21.2. The lowest BCUT2D eigenvalue weighted by Gasteiger charge is -2.22. The minimum Gasteiger partial charge on any atom is -0.496 e. The van der Waals surface area contributed by atoms with E-state index in [1.165, 1.54) is 6.42 Å². The van der Waals surface area contributed by atoms with Gasteiger partial charge in [-0.05, 0) is 55.5 Å². The normalized spacial score (nSPS) is 11.7. The highest BCUT2D eigenvalue weighted by atomic mass is 32.2. The van der Waals surface area contributed by atoms with Crippen molar-refractivity contribution in [1.82, 2.24) is 9.97 Å². The lowest BCUT2D eigenvalue weighted by atomic mass is 10.0. The van der Waals surface area contributed by atoms with E-state index in [1.807, 2.05) is 30.8 Å². The first-order valence-electron chi connectivity index (χ1n) is 9.97. The third-order valence-electron chi connectivity index (χ3n) is 4.93. The van der Waals surface area contributed by atoms with Crippen LogP contribution in [0.1, 0.15) is 55.0 Å². The summed E-state index contributed by atoms with van der Waals surface area (Å²) in [7, 11) is 1.64. The molecule has 0 aliphatic carbocycles. The summed E-state index contributed by atoms with van der Waals surface area (Å²) in [4.78, 5) is 8.90. The Balaban J connectivity index is 2.39. The van der Waals surface area contributed by atoms with Crippen LogP contribution in [0.3, 0.4) is 0 Å². The summed E-state index contributed by atoms with van der Waals surface area (Å²) in [5.74, 6) is 2.89. The van der Waals surface area contributed by atoms with E-state index < -0.39 is 0 Å². The van der Waals surface area contributed by atoms with Crippen molar-refractivity contribution in [1.29, 1.82) is 5.26 Å². The predicted octanol–water partition coefficient (Wildman–Crippen LogP) is 4.56. The monoisotopic (exact) mass is 413 g/mol. The molecule has 1 heterocycles. The average Bonchev–Trinajstić information content (AvgIpc) is 2.72. The number of thioether (sulfide) groups is 1. The van der Waals surface area contributed by atoms with E-state index in [2.05, 4.69) is 34.5 Å². The smallest absolute Gasteiger partial charge is 0.222 e. The van der Waals surface area contributed by atoms with Gasteiger partial charge in [0.15, 0.2) is 0 Å². The molecule has 29 heavy (non-hydrogen) atoms. The van der Waals surface area contributed by atoms with Crippen LogP contribution < -0.4 is 15.8 Å². The molecule has 0 spiro atoms. The molecule has 0 saturated heterocycles. The average molecular weight is 414 g/mol. The highest BCUT2D eigenvalue weighted by molar-refractivity contribution is 7.98. The van der Waals surface area contributed by atoms with Crippen molar-refractivity contribution in [2.75, 3.05) is 30.2 Å². The zero-order valence-electron chi connectivity index (χ0n) is 17.8. The topological polar surface area (TPSA) is 96.9 Å². The van der Waals surface area contributed by atoms with Gasteiger partial charge in [-0.1, -0.05) is 19.8 Å². The summed E-state index contributed by atoms with van der Waals surface area (Å²) < 4.78 is 5.51. The number of nitrogens with one attached hydrogen (secondary N) is 1. The van der Waals surface area contributed by atoms with Crippen molar-refractivity contribution < 1.29 is 4.74 Å². The van der Waals surface area contributed by atoms with Crippen molar-refractivity contribution in [3.63, 3.8) is 0 Å². The fourth-order valence-corrected chi connectivity index (χ4v) is 3.84. The molecule has 0 fully saturated rings. The first-order chi connectivity index (χ1) is 14.0. The molecular weight excluding hydrogens is 382 g/mol. The fourth-order valence-electron chi connectivity index (χ4n) is 3.32. The number of nitrogen functional groups attached to an aromatic ring is 1. The van der Waals surface area contributed by atoms with Gasteiger partial charge in [-0.15, -0.1) is 0 Å². The number of unbranched alkanes of at least 4 members (excludes halogenated alkanes) is 1. The lowest BCUT2D eigenvalue weighted by molar-refractivity contribution is 0.410. The van der Waals surface area contributed by atoms with Gasteiger partial charge in [0.1, 0.15) is 11.6 Å². The van der Waals surface area contributed by atoms with Crippen LogP contribution in [0.25, 0.3) is 0 Å². The van der Waals surface area contributed by atoms with Gasteiger partial charge < -0.3 is 15.8 Å². The SMILES string of the molecule is CCCCC(CCSC)Nc1nc(N)nc(C)c1Cc1cc(C#N)ccc1OC. The summed E-state index contributed by atoms with van der Waals surface area (Å²) >= 11 is 1.85. The first kappa shape index (κ1) is 22.8. The van der Waals surface area contributed by atoms with Gasteiger partial charge in [0, 0.05) is 23.7 Å². The second-order valence-electron chi connectivity index (χ2n) is 7.07. The maximum atomic E-state index is 9.27. The van der Waals surface area contributed by atoms with Gasteiger partial charge in [-0.25, -0.2) is 4.98 Å². The summed E-state index contributed by atoms with van der Waals surface area (Å²) in [6.45, 7) is 4.15. The maximum absolute atomic E-state index is 9.27. The minimum atomic E-state index is 0.269. The van der Waals surface area contributed by atoms with Crippen LogP contribution in [0.5, 0.6) is 5.75 Å². The summed E-state index contributed by atoms with van der Waals surface area (Å²) in [6.07, 6.45) is 7.18. The van der Waals surface area contributed by atoms with Crippen LogP contribution >= 0.6 is 11.8 Å². The molecule has 0 saturated carbocycles. The van der Waals surface area contributed by atoms with Gasteiger partial charge in [0.05, 0.1) is 18.7 Å². The number of aryl methyl sites for hydroxylation is 1. The van der Waals surface area contributed by atoms with Gasteiger partial charge in [-0.3, -0.25) is 0 Å². The third kappa shape index (κ3) is 6.53. The van der Waals surface area contributed by atoms with Crippen LogP contribution in [-0.4, -0.2) is 35.1 Å². The van der Waals surface area contributed by atoms with E-state index in [9.17, 15) is 5.26 Å². The standard InChI is InChI=1S/C22H31N5OS/c1-5-6-7-18(10-11-29-4)26-21-19(15(2)25-22(24)27-21)13-17-12-16(14-23)8-9-20(17)28-3/h8-9,12,18H,5-7,10-11,13H2,1-4H3,(H3,24,25,26,27). The largest absolute Gasteiger partial charge is 0.496 e. The Labute approximate surface area is 178 Å². The number of nitrogens with zero attached hydrogens (tertiary/aromatic N) is 3. The second-order valence-corrected chi connectivity index (χ2v) is 8.06. The molecular formula is C22H31N5OS. The van der Waals surface area contributed by atoms with Gasteiger partial charge in [0.25, 0.3) is 0 Å². The molecule has 2 aromatic rings. The van der Waals surface area contributed by atoms with Crippen molar-refractivity contribution in [2.45, 2.75) is 52.0 Å². The van der Waals surface area contributed by atoms with Crippen molar-refractivity contribution in [2.24, 2.45) is 0 Å². The molecule has 7 heteroatoms. The Bertz CT molecular complexity index is 842. The Morgan fingerprint density at radius 3 is 2.76 bits per heavy atom. The summed E-state index contributed by atoms with van der Waals surface area (Å²) in [6, 6.07) is 7.99. The number of nitriles is 1. The molecule has 1 aromatic carbocycles. The molecule has 0 radical (unpaired) electrons. The lowest BCUT2D eigenvalue weighted by Crippen LogP contribution is -2.23. The van der Waals surface area contributed by atoms with Crippen LogP contribution in [-0.2, 0) is 6.42 Å². The predicted molar refractivity (Wildman–Crippen MR) is 122 cm³/mol. The van der Waals surface area contributed by atoms with Crippen LogP contribution in [0.15, 0.2) is 18.2 Å². The van der Waals surface area contributed by atoms with Crippen molar-refractivity contribution >= 4 is 23.5 Å². The Morgan fingerprint density at radius 1 is 1.31 bits per heavy atom. The number of benzene rings is 1. The highest BCUT2D eigenvalue weighted by Crippen LogP contribution is 2.28. The number of ether oxygens (including phenoxy) is 1. The molecule has 0 aliphatic rings. The Hall–Kier alpha value is -2.46. The van der Waals surface area contributed by atoms with E-state index in [-0.39, 0.29) is 5.95 Å². The number of aromatic nitrogens is 2. The summed E-state index contributed by atoms with van der Waals surface area (Å²) in [5.41, 5.74) is 9.32.